The highest BCUT2D eigenvalue weighted by Gasteiger charge is 2.28. The molecule has 0 fully saturated rings. The number of nitrogens with zero attached hydrogens (tertiary/aromatic N) is 3. The lowest BCUT2D eigenvalue weighted by Crippen LogP contribution is -2.44. The summed E-state index contributed by atoms with van der Waals surface area (Å²) in [7, 11) is 1.60. The average molecular weight is 427 g/mol. The molecule has 0 aliphatic carbocycles. The number of aldehydes is 2. The number of allylic oxidation sites excluding steroid dienone is 3. The van der Waals surface area contributed by atoms with Crippen LogP contribution in [-0.4, -0.2) is 48.9 Å². The largest absolute Gasteiger partial charge is 0.497 e. The third-order valence-corrected chi connectivity index (χ3v) is 5.24. The van der Waals surface area contributed by atoms with Crippen molar-refractivity contribution in [3.63, 3.8) is 0 Å². The molecule has 1 radical (unpaired) electrons. The predicted octanol–water partition coefficient (Wildman–Crippen LogP) is 2.90. The molecule has 0 amide bonds. The van der Waals surface area contributed by atoms with Crippen LogP contribution in [0.15, 0.2) is 95.4 Å². The topological polar surface area (TPSA) is 85.1 Å². The minimum Gasteiger partial charge on any atom is -0.497 e. The molecule has 2 aliphatic rings. The van der Waals surface area contributed by atoms with Gasteiger partial charge in [0.25, 0.3) is 0 Å². The summed E-state index contributed by atoms with van der Waals surface area (Å²) >= 11 is 0. The van der Waals surface area contributed by atoms with Crippen molar-refractivity contribution in [2.24, 2.45) is 5.10 Å². The minimum absolute atomic E-state index is 0.280. The van der Waals surface area contributed by atoms with E-state index in [0.717, 1.165) is 41.0 Å². The van der Waals surface area contributed by atoms with Crippen molar-refractivity contribution in [2.45, 2.75) is 12.1 Å². The molecule has 7 heteroatoms. The van der Waals surface area contributed by atoms with Crippen molar-refractivity contribution in [1.82, 2.24) is 10.3 Å². The Kier molecular flexibility index (Phi) is 6.46. The highest BCUT2D eigenvalue weighted by Crippen LogP contribution is 2.26. The summed E-state index contributed by atoms with van der Waals surface area (Å²) in [5, 5.41) is 7.51. The summed E-state index contributed by atoms with van der Waals surface area (Å²) in [5.41, 5.74) is 8.22. The number of anilines is 1. The third-order valence-electron chi connectivity index (χ3n) is 5.24. The van der Waals surface area contributed by atoms with Crippen molar-refractivity contribution in [1.29, 1.82) is 0 Å². The maximum Gasteiger partial charge on any atom is 0.146 e. The summed E-state index contributed by atoms with van der Waals surface area (Å²) in [6.45, 7) is 0.280. The van der Waals surface area contributed by atoms with Crippen LogP contribution in [-0.2, 0) is 9.59 Å². The van der Waals surface area contributed by atoms with E-state index in [9.17, 15) is 9.59 Å². The number of hydrogen-bond donors (Lipinski definition) is 1. The van der Waals surface area contributed by atoms with Crippen LogP contribution in [0.25, 0.3) is 0 Å². The van der Waals surface area contributed by atoms with Crippen molar-refractivity contribution < 1.29 is 14.3 Å². The molecule has 32 heavy (non-hydrogen) atoms. The number of methoxy groups -OCH3 is 1. The molecule has 1 N–H and O–H groups in total. The highest BCUT2D eigenvalue weighted by atomic mass is 16.5. The van der Waals surface area contributed by atoms with Crippen molar-refractivity contribution in [3.05, 3.63) is 95.9 Å². The molecule has 2 heterocycles. The summed E-state index contributed by atoms with van der Waals surface area (Å²) in [6, 6.07) is 16.0. The quantitative estimate of drug-likeness (QED) is 0.622. The van der Waals surface area contributed by atoms with Crippen LogP contribution in [0.3, 0.4) is 0 Å². The Bertz CT molecular complexity index is 1090. The fourth-order valence-corrected chi connectivity index (χ4v) is 3.60. The summed E-state index contributed by atoms with van der Waals surface area (Å²) in [4.78, 5) is 25.5. The summed E-state index contributed by atoms with van der Waals surface area (Å²) < 4.78 is 5.18. The number of ether oxygens (including phenoxy) is 1. The van der Waals surface area contributed by atoms with Gasteiger partial charge in [-0.05, 0) is 36.4 Å². The number of benzene rings is 2. The predicted molar refractivity (Wildman–Crippen MR) is 123 cm³/mol. The average Bonchev–Trinajstić information content (AvgIpc) is 3.35. The Morgan fingerprint density at radius 2 is 1.91 bits per heavy atom. The van der Waals surface area contributed by atoms with Crippen LogP contribution in [0.5, 0.6) is 5.75 Å². The Morgan fingerprint density at radius 3 is 2.59 bits per heavy atom. The molecular formula is C25H23N4O3. The molecule has 0 spiro atoms. The van der Waals surface area contributed by atoms with E-state index in [-0.39, 0.29) is 6.54 Å². The van der Waals surface area contributed by atoms with E-state index in [1.165, 1.54) is 0 Å². The minimum atomic E-state index is -0.544. The zero-order valence-corrected chi connectivity index (χ0v) is 17.6. The van der Waals surface area contributed by atoms with Gasteiger partial charge < -0.3 is 24.5 Å². The highest BCUT2D eigenvalue weighted by molar-refractivity contribution is 6.10. The van der Waals surface area contributed by atoms with E-state index in [1.807, 2.05) is 77.7 Å². The molecule has 7 nitrogen and oxygen atoms in total. The zero-order valence-electron chi connectivity index (χ0n) is 17.6. The first-order valence-corrected chi connectivity index (χ1v) is 10.2. The monoisotopic (exact) mass is 427 g/mol. The number of carbonyl (C=O) groups excluding carboxylic acids is 2. The third kappa shape index (κ3) is 4.62. The number of carbonyl (C=O) groups is 2. The molecular weight excluding hydrogens is 404 g/mol. The van der Waals surface area contributed by atoms with Gasteiger partial charge in [0.15, 0.2) is 0 Å². The first-order chi connectivity index (χ1) is 15.7. The molecule has 0 aromatic heterocycles. The Morgan fingerprint density at radius 1 is 1.12 bits per heavy atom. The van der Waals surface area contributed by atoms with Crippen LogP contribution in [0.2, 0.25) is 0 Å². The molecule has 2 aromatic carbocycles. The van der Waals surface area contributed by atoms with Gasteiger partial charge in [-0.25, -0.2) is 0 Å². The lowest BCUT2D eigenvalue weighted by Gasteiger charge is -2.34. The lowest BCUT2D eigenvalue weighted by molar-refractivity contribution is -0.112. The van der Waals surface area contributed by atoms with E-state index in [0.29, 0.717) is 5.70 Å². The number of hydrogen-bond acceptors (Lipinski definition) is 6. The molecule has 2 unspecified atom stereocenters. The van der Waals surface area contributed by atoms with Gasteiger partial charge in [-0.15, -0.1) is 10.5 Å². The van der Waals surface area contributed by atoms with Gasteiger partial charge in [-0.1, -0.05) is 42.5 Å². The van der Waals surface area contributed by atoms with Crippen molar-refractivity contribution in [3.8, 4) is 5.75 Å². The first-order valence-electron chi connectivity index (χ1n) is 10.2. The van der Waals surface area contributed by atoms with Gasteiger partial charge in [-0.2, -0.15) is 0 Å². The lowest BCUT2D eigenvalue weighted by atomic mass is 10.0. The summed E-state index contributed by atoms with van der Waals surface area (Å²) in [5.74, 6) is 0.731. The second-order valence-corrected chi connectivity index (χ2v) is 7.31. The normalized spacial score (nSPS) is 18.1. The molecule has 2 atom stereocenters. The SMILES string of the molecule is COc1ccc(NC(C=O)CN2C(C3=CC(c4ccccc4)=N[N]3)=CC=CC2C=O)cc1. The van der Waals surface area contributed by atoms with Crippen LogP contribution in [0.4, 0.5) is 5.69 Å². The van der Waals surface area contributed by atoms with Gasteiger partial charge in [0, 0.05) is 17.8 Å². The molecule has 2 aliphatic heterocycles. The van der Waals surface area contributed by atoms with Crippen LogP contribution >= 0.6 is 0 Å². The Hall–Kier alpha value is -4.13. The van der Waals surface area contributed by atoms with Crippen molar-refractivity contribution in [2.75, 3.05) is 19.0 Å². The smallest absolute Gasteiger partial charge is 0.146 e. The second-order valence-electron chi connectivity index (χ2n) is 7.31. The van der Waals surface area contributed by atoms with Gasteiger partial charge >= 0.3 is 0 Å². The van der Waals surface area contributed by atoms with E-state index in [1.54, 1.807) is 13.2 Å². The van der Waals surface area contributed by atoms with Gasteiger partial charge in [0.1, 0.15) is 30.1 Å². The van der Waals surface area contributed by atoms with Crippen molar-refractivity contribution >= 4 is 24.0 Å². The Labute approximate surface area is 186 Å². The van der Waals surface area contributed by atoms with E-state index in [4.69, 9.17) is 4.74 Å². The van der Waals surface area contributed by atoms with E-state index >= 15 is 0 Å². The Balaban J connectivity index is 1.53. The van der Waals surface area contributed by atoms with Gasteiger partial charge in [0.2, 0.25) is 0 Å². The van der Waals surface area contributed by atoms with E-state index in [2.05, 4.69) is 15.8 Å². The number of nitrogens with one attached hydrogen (secondary N) is 1. The van der Waals surface area contributed by atoms with Crippen LogP contribution < -0.4 is 15.5 Å². The summed E-state index contributed by atoms with van der Waals surface area (Å²) in [6.07, 6.45) is 9.09. The molecule has 161 valence electrons. The van der Waals surface area contributed by atoms with Crippen LogP contribution in [0.1, 0.15) is 5.56 Å². The first kappa shape index (κ1) is 21.1. The molecule has 0 saturated carbocycles. The zero-order chi connectivity index (χ0) is 22.3. The molecule has 2 aromatic rings. The standard InChI is InChI=1S/C25H23N4O3/c1-32-22-12-10-19(11-13-22)26-20(16-30)15-29-21(17-31)8-5-9-25(29)24-14-23(27-28-24)18-6-3-2-4-7-18/h2-14,16-17,20-21,26H,15H2,1H3. The molecule has 0 bridgehead atoms. The molecule has 4 rings (SSSR count). The van der Waals surface area contributed by atoms with Gasteiger partial charge in [-0.3, -0.25) is 0 Å². The molecule has 0 saturated heterocycles. The fraction of sp³-hybridized carbons (Fsp3) is 0.160. The fourth-order valence-electron chi connectivity index (χ4n) is 3.60. The second kappa shape index (κ2) is 9.78. The maximum atomic E-state index is 11.9. The van der Waals surface area contributed by atoms with Crippen LogP contribution in [0, 0.1) is 0 Å². The van der Waals surface area contributed by atoms with E-state index < -0.39 is 12.1 Å². The number of rotatable bonds is 9. The van der Waals surface area contributed by atoms with Gasteiger partial charge in [0.05, 0.1) is 24.6 Å². The maximum absolute atomic E-state index is 11.9.